The van der Waals surface area contributed by atoms with E-state index in [4.69, 9.17) is 34.8 Å². The van der Waals surface area contributed by atoms with E-state index >= 15 is 0 Å². The predicted octanol–water partition coefficient (Wildman–Crippen LogP) is 4.55. The maximum Gasteiger partial charge on any atom is 0.240 e. The van der Waals surface area contributed by atoms with Crippen LogP contribution in [0.25, 0.3) is 0 Å². The largest absolute Gasteiger partial charge is 0.352 e. The highest BCUT2D eigenvalue weighted by molar-refractivity contribution is 7.92. The summed E-state index contributed by atoms with van der Waals surface area (Å²) in [5.74, 6) is -0.437. The van der Waals surface area contributed by atoms with Crippen molar-refractivity contribution in [1.82, 2.24) is 5.32 Å². The SMILES string of the molecule is C[C@H](CCc1ccccc1)NC(=O)CN(c1cc(Cl)c(Cl)cc1Cl)S(C)(=O)=O. The molecule has 5 nitrogen and oxygen atoms in total. The molecule has 1 atom stereocenters. The Balaban J connectivity index is 2.06. The Kier molecular flexibility index (Phi) is 8.01. The minimum atomic E-state index is -3.77. The van der Waals surface area contributed by atoms with Crippen molar-refractivity contribution in [3.05, 3.63) is 63.1 Å². The lowest BCUT2D eigenvalue weighted by Crippen LogP contribution is -2.43. The first-order valence-electron chi connectivity index (χ1n) is 8.53. The molecule has 1 N–H and O–H groups in total. The number of carbonyl (C=O) groups is 1. The van der Waals surface area contributed by atoms with Crippen LogP contribution >= 0.6 is 34.8 Å². The van der Waals surface area contributed by atoms with Gasteiger partial charge in [-0.2, -0.15) is 0 Å². The van der Waals surface area contributed by atoms with Gasteiger partial charge >= 0.3 is 0 Å². The average Bonchev–Trinajstić information content (AvgIpc) is 2.61. The van der Waals surface area contributed by atoms with E-state index in [1.54, 1.807) is 0 Å². The van der Waals surface area contributed by atoms with E-state index in [-0.39, 0.29) is 26.8 Å². The summed E-state index contributed by atoms with van der Waals surface area (Å²) in [6.45, 7) is 1.46. The summed E-state index contributed by atoms with van der Waals surface area (Å²) in [6.07, 6.45) is 2.52. The summed E-state index contributed by atoms with van der Waals surface area (Å²) >= 11 is 18.0. The summed E-state index contributed by atoms with van der Waals surface area (Å²) in [7, 11) is -3.77. The first kappa shape index (κ1) is 22.8. The molecule has 0 heterocycles. The maximum absolute atomic E-state index is 12.4. The lowest BCUT2D eigenvalue weighted by atomic mass is 10.1. The zero-order valence-corrected chi connectivity index (χ0v) is 18.5. The molecular weight excluding hydrogens is 443 g/mol. The number of hydrogen-bond acceptors (Lipinski definition) is 3. The molecule has 2 rings (SSSR count). The van der Waals surface area contributed by atoms with Gasteiger partial charge in [-0.3, -0.25) is 9.10 Å². The molecule has 152 valence electrons. The van der Waals surface area contributed by atoms with Crippen molar-refractivity contribution in [2.24, 2.45) is 0 Å². The van der Waals surface area contributed by atoms with Gasteiger partial charge in [-0.25, -0.2) is 8.42 Å². The van der Waals surface area contributed by atoms with Crippen molar-refractivity contribution < 1.29 is 13.2 Å². The topological polar surface area (TPSA) is 66.5 Å². The molecule has 2 aromatic carbocycles. The van der Waals surface area contributed by atoms with Crippen molar-refractivity contribution in [3.63, 3.8) is 0 Å². The second-order valence-corrected chi connectivity index (χ2v) is 9.61. The Morgan fingerprint density at radius 1 is 1.07 bits per heavy atom. The molecular formula is C19H21Cl3N2O3S. The van der Waals surface area contributed by atoms with Gasteiger partial charge in [0.05, 0.1) is 27.0 Å². The van der Waals surface area contributed by atoms with Gasteiger partial charge in [0.2, 0.25) is 15.9 Å². The van der Waals surface area contributed by atoms with Gasteiger partial charge in [-0.15, -0.1) is 0 Å². The highest BCUT2D eigenvalue weighted by Crippen LogP contribution is 2.35. The standard InChI is InChI=1S/C19H21Cl3N2O3S/c1-13(8-9-14-6-4-3-5-7-14)23-19(25)12-24(28(2,26)27)18-11-16(21)15(20)10-17(18)22/h3-7,10-11,13H,8-9,12H2,1-2H3,(H,23,25)/t13-/m1/s1. The van der Waals surface area contributed by atoms with Gasteiger partial charge in [0.1, 0.15) is 6.54 Å². The average molecular weight is 464 g/mol. The van der Waals surface area contributed by atoms with E-state index in [1.165, 1.54) is 17.7 Å². The molecule has 0 fully saturated rings. The number of nitrogens with zero attached hydrogens (tertiary/aromatic N) is 1. The van der Waals surface area contributed by atoms with Crippen LogP contribution in [0.1, 0.15) is 18.9 Å². The normalized spacial score (nSPS) is 12.5. The van der Waals surface area contributed by atoms with Crippen molar-refractivity contribution in [1.29, 1.82) is 0 Å². The monoisotopic (exact) mass is 462 g/mol. The summed E-state index contributed by atoms with van der Waals surface area (Å²) in [5.41, 5.74) is 1.27. The van der Waals surface area contributed by atoms with Crippen LogP contribution in [-0.4, -0.2) is 33.2 Å². The van der Waals surface area contributed by atoms with E-state index in [1.807, 2.05) is 37.3 Å². The predicted molar refractivity (Wildman–Crippen MR) is 116 cm³/mol. The molecule has 0 aliphatic carbocycles. The number of nitrogens with one attached hydrogen (secondary N) is 1. The van der Waals surface area contributed by atoms with E-state index in [2.05, 4.69) is 5.32 Å². The zero-order chi connectivity index (χ0) is 20.9. The van der Waals surface area contributed by atoms with Gasteiger partial charge in [0, 0.05) is 6.04 Å². The molecule has 2 aromatic rings. The Morgan fingerprint density at radius 3 is 2.29 bits per heavy atom. The summed E-state index contributed by atoms with van der Waals surface area (Å²) < 4.78 is 25.4. The van der Waals surface area contributed by atoms with Gasteiger partial charge in [-0.1, -0.05) is 65.1 Å². The molecule has 1 amide bonds. The number of halogens is 3. The first-order valence-corrected chi connectivity index (χ1v) is 11.5. The van der Waals surface area contributed by atoms with E-state index < -0.39 is 22.5 Å². The third-order valence-electron chi connectivity index (χ3n) is 4.06. The maximum atomic E-state index is 12.4. The summed E-state index contributed by atoms with van der Waals surface area (Å²) in [6, 6.07) is 12.5. The van der Waals surface area contributed by atoms with Crippen molar-refractivity contribution >= 4 is 56.4 Å². The molecule has 0 bridgehead atoms. The molecule has 0 radical (unpaired) electrons. The quantitative estimate of drug-likeness (QED) is 0.584. The van der Waals surface area contributed by atoms with Crippen LogP contribution in [0.3, 0.4) is 0 Å². The third-order valence-corrected chi connectivity index (χ3v) is 6.21. The number of anilines is 1. The summed E-state index contributed by atoms with van der Waals surface area (Å²) in [5, 5.41) is 3.25. The van der Waals surface area contributed by atoms with Crippen LogP contribution in [0.5, 0.6) is 0 Å². The highest BCUT2D eigenvalue weighted by Gasteiger charge is 2.24. The molecule has 0 aromatic heterocycles. The number of amides is 1. The number of rotatable bonds is 8. The Hall–Kier alpha value is -1.47. The van der Waals surface area contributed by atoms with Crippen LogP contribution in [-0.2, 0) is 21.2 Å². The molecule has 0 aliphatic heterocycles. The second-order valence-electron chi connectivity index (χ2n) is 6.48. The first-order chi connectivity index (χ1) is 13.1. The summed E-state index contributed by atoms with van der Waals surface area (Å²) in [4.78, 5) is 12.4. The molecule has 28 heavy (non-hydrogen) atoms. The fourth-order valence-electron chi connectivity index (χ4n) is 2.64. The fraction of sp³-hybridized carbons (Fsp3) is 0.316. The number of hydrogen-bond donors (Lipinski definition) is 1. The lowest BCUT2D eigenvalue weighted by molar-refractivity contribution is -0.120. The number of benzene rings is 2. The molecule has 0 saturated heterocycles. The molecule has 9 heteroatoms. The zero-order valence-electron chi connectivity index (χ0n) is 15.5. The Labute approximate surface area is 180 Å². The number of sulfonamides is 1. The van der Waals surface area contributed by atoms with Gasteiger partial charge in [0.25, 0.3) is 0 Å². The van der Waals surface area contributed by atoms with Crippen LogP contribution in [0.4, 0.5) is 5.69 Å². The molecule has 0 saturated carbocycles. The smallest absolute Gasteiger partial charge is 0.240 e. The second kappa shape index (κ2) is 9.83. The van der Waals surface area contributed by atoms with Crippen molar-refractivity contribution in [3.8, 4) is 0 Å². The van der Waals surface area contributed by atoms with Crippen LogP contribution in [0, 0.1) is 0 Å². The van der Waals surface area contributed by atoms with Gasteiger partial charge < -0.3 is 5.32 Å². The number of aryl methyl sites for hydroxylation is 1. The van der Waals surface area contributed by atoms with Crippen LogP contribution in [0.15, 0.2) is 42.5 Å². The molecule has 0 unspecified atom stereocenters. The van der Waals surface area contributed by atoms with Crippen LogP contribution < -0.4 is 9.62 Å². The minimum Gasteiger partial charge on any atom is -0.352 e. The van der Waals surface area contributed by atoms with E-state index in [9.17, 15) is 13.2 Å². The van der Waals surface area contributed by atoms with Crippen molar-refractivity contribution in [2.45, 2.75) is 25.8 Å². The van der Waals surface area contributed by atoms with Crippen molar-refractivity contribution in [2.75, 3.05) is 17.1 Å². The van der Waals surface area contributed by atoms with E-state index in [0.717, 1.165) is 23.4 Å². The fourth-order valence-corrected chi connectivity index (χ4v) is 4.19. The van der Waals surface area contributed by atoms with Gasteiger partial charge in [0.15, 0.2) is 0 Å². The van der Waals surface area contributed by atoms with E-state index in [0.29, 0.717) is 0 Å². The molecule has 0 spiro atoms. The highest BCUT2D eigenvalue weighted by atomic mass is 35.5. The third kappa shape index (κ3) is 6.55. The Morgan fingerprint density at radius 2 is 1.68 bits per heavy atom. The number of carbonyl (C=O) groups excluding carboxylic acids is 1. The minimum absolute atomic E-state index is 0.0877. The lowest BCUT2D eigenvalue weighted by Gasteiger charge is -2.24. The Bertz CT molecular complexity index is 937. The van der Waals surface area contributed by atoms with Crippen LogP contribution in [0.2, 0.25) is 15.1 Å². The van der Waals surface area contributed by atoms with Gasteiger partial charge in [-0.05, 0) is 37.5 Å². The molecule has 0 aliphatic rings.